The molecule has 1 amide bonds. The van der Waals surface area contributed by atoms with Crippen LogP contribution in [-0.2, 0) is 4.79 Å². The summed E-state index contributed by atoms with van der Waals surface area (Å²) in [6.07, 6.45) is 0.771. The van der Waals surface area contributed by atoms with Crippen LogP contribution < -0.4 is 10.1 Å². The topological polar surface area (TPSA) is 38.3 Å². The lowest BCUT2D eigenvalue weighted by atomic mass is 9.67. The molecular formula is C19H22F3NO2S2. The summed E-state index contributed by atoms with van der Waals surface area (Å²) in [5.41, 5.74) is 0.504. The molecule has 3 fully saturated rings. The van der Waals surface area contributed by atoms with Crippen LogP contribution >= 0.6 is 23.5 Å². The lowest BCUT2D eigenvalue weighted by Gasteiger charge is -2.52. The highest BCUT2D eigenvalue weighted by Crippen LogP contribution is 2.64. The number of carbonyl (C=O) groups is 1. The highest BCUT2D eigenvalue weighted by atomic mass is 32.2. The second-order valence-electron chi connectivity index (χ2n) is 7.47. The van der Waals surface area contributed by atoms with E-state index in [-0.39, 0.29) is 17.6 Å². The van der Waals surface area contributed by atoms with Gasteiger partial charge in [-0.15, -0.1) is 36.7 Å². The van der Waals surface area contributed by atoms with Gasteiger partial charge < -0.3 is 10.1 Å². The summed E-state index contributed by atoms with van der Waals surface area (Å²) in [4.78, 5) is 12.8. The molecule has 148 valence electrons. The summed E-state index contributed by atoms with van der Waals surface area (Å²) < 4.78 is 40.9. The molecule has 1 saturated heterocycles. The van der Waals surface area contributed by atoms with Crippen molar-refractivity contribution in [3.63, 3.8) is 0 Å². The van der Waals surface area contributed by atoms with Crippen LogP contribution in [0.3, 0.4) is 0 Å². The second kappa shape index (κ2) is 7.43. The summed E-state index contributed by atoms with van der Waals surface area (Å²) in [7, 11) is 0. The zero-order valence-electron chi connectivity index (χ0n) is 14.8. The number of ether oxygens (including phenoxy) is 1. The maximum Gasteiger partial charge on any atom is 0.573 e. The molecule has 0 unspecified atom stereocenters. The fourth-order valence-corrected chi connectivity index (χ4v) is 8.74. The summed E-state index contributed by atoms with van der Waals surface area (Å²) >= 11 is 4.21. The van der Waals surface area contributed by atoms with Crippen LogP contribution in [0.25, 0.3) is 0 Å². The first-order valence-corrected chi connectivity index (χ1v) is 11.3. The number of amides is 1. The molecule has 2 atom stereocenters. The van der Waals surface area contributed by atoms with Crippen LogP contribution in [0.4, 0.5) is 18.9 Å². The second-order valence-corrected chi connectivity index (χ2v) is 10.5. The number of benzene rings is 1. The summed E-state index contributed by atoms with van der Waals surface area (Å²) in [6.45, 7) is 0. The number of hydrogen-bond donors (Lipinski definition) is 1. The van der Waals surface area contributed by atoms with E-state index in [1.165, 1.54) is 55.0 Å². The van der Waals surface area contributed by atoms with Gasteiger partial charge >= 0.3 is 6.36 Å². The van der Waals surface area contributed by atoms with Gasteiger partial charge in [-0.25, -0.2) is 0 Å². The molecule has 1 aromatic rings. The van der Waals surface area contributed by atoms with Crippen LogP contribution in [0.5, 0.6) is 5.75 Å². The van der Waals surface area contributed by atoms with E-state index in [9.17, 15) is 18.0 Å². The predicted octanol–water partition coefficient (Wildman–Crippen LogP) is 5.53. The van der Waals surface area contributed by atoms with Gasteiger partial charge in [-0.2, -0.15) is 0 Å². The molecule has 1 N–H and O–H groups in total. The normalized spacial score (nSPS) is 29.5. The molecule has 2 aliphatic carbocycles. The molecular weight excluding hydrogens is 395 g/mol. The molecule has 27 heavy (non-hydrogen) atoms. The Labute approximate surface area is 165 Å². The quantitative estimate of drug-likeness (QED) is 0.702. The first kappa shape index (κ1) is 19.3. The Morgan fingerprint density at radius 2 is 1.67 bits per heavy atom. The molecule has 2 saturated carbocycles. The van der Waals surface area contributed by atoms with Gasteiger partial charge in [0.25, 0.3) is 0 Å². The zero-order chi connectivity index (χ0) is 19.1. The first-order chi connectivity index (χ1) is 12.9. The van der Waals surface area contributed by atoms with Crippen LogP contribution in [-0.4, -0.2) is 27.9 Å². The van der Waals surface area contributed by atoms with Gasteiger partial charge in [0, 0.05) is 23.1 Å². The molecule has 3 nitrogen and oxygen atoms in total. The van der Waals surface area contributed by atoms with Crippen molar-refractivity contribution >= 4 is 35.1 Å². The van der Waals surface area contributed by atoms with Gasteiger partial charge in [-0.3, -0.25) is 4.79 Å². The Morgan fingerprint density at radius 3 is 2.22 bits per heavy atom. The number of carbonyl (C=O) groups excluding carboxylic acids is 1. The van der Waals surface area contributed by atoms with Crippen molar-refractivity contribution in [3.8, 4) is 5.75 Å². The molecule has 1 spiro atoms. The Kier molecular flexibility index (Phi) is 5.31. The van der Waals surface area contributed by atoms with Gasteiger partial charge in [0.2, 0.25) is 5.91 Å². The van der Waals surface area contributed by atoms with Crippen molar-refractivity contribution in [1.29, 1.82) is 0 Å². The van der Waals surface area contributed by atoms with Crippen molar-refractivity contribution in [1.82, 2.24) is 0 Å². The molecule has 4 rings (SSSR count). The molecule has 0 radical (unpaired) electrons. The lowest BCUT2D eigenvalue weighted by molar-refractivity contribution is -0.274. The largest absolute Gasteiger partial charge is 0.573 e. The molecule has 1 aromatic carbocycles. The molecule has 2 bridgehead atoms. The van der Waals surface area contributed by atoms with Gasteiger partial charge in [0.05, 0.1) is 4.08 Å². The van der Waals surface area contributed by atoms with Gasteiger partial charge in [-0.1, -0.05) is 6.42 Å². The van der Waals surface area contributed by atoms with Crippen molar-refractivity contribution in [3.05, 3.63) is 24.3 Å². The Balaban J connectivity index is 1.39. The third-order valence-corrected chi connectivity index (χ3v) is 9.86. The fraction of sp³-hybridized carbons (Fsp3) is 0.632. The molecule has 0 aromatic heterocycles. The minimum Gasteiger partial charge on any atom is -0.406 e. The highest BCUT2D eigenvalue weighted by Gasteiger charge is 2.55. The van der Waals surface area contributed by atoms with E-state index in [0.717, 1.165) is 12.8 Å². The van der Waals surface area contributed by atoms with Crippen molar-refractivity contribution in [2.24, 2.45) is 17.8 Å². The van der Waals surface area contributed by atoms with Crippen LogP contribution in [0.1, 0.15) is 32.1 Å². The maximum atomic E-state index is 12.8. The maximum absolute atomic E-state index is 12.8. The van der Waals surface area contributed by atoms with E-state index in [2.05, 4.69) is 33.6 Å². The predicted molar refractivity (Wildman–Crippen MR) is 103 cm³/mol. The van der Waals surface area contributed by atoms with Crippen molar-refractivity contribution < 1.29 is 22.7 Å². The Morgan fingerprint density at radius 1 is 1.07 bits per heavy atom. The number of nitrogens with one attached hydrogen (secondary N) is 1. The van der Waals surface area contributed by atoms with Crippen molar-refractivity contribution in [2.45, 2.75) is 42.5 Å². The standard InChI is InChI=1S/C19H22F3NO2S2/c20-19(21,22)25-16-6-4-15(5-7-16)23-17(24)12-10-13-2-1-3-14(11-12)18(13)26-8-9-27-18/h4-7,12-14H,1-3,8-11H2,(H,23,24)/t13-,14-/m1/s1. The summed E-state index contributed by atoms with van der Waals surface area (Å²) in [5.74, 6) is 3.27. The van der Waals surface area contributed by atoms with Crippen LogP contribution in [0.2, 0.25) is 0 Å². The molecule has 1 aliphatic heterocycles. The van der Waals surface area contributed by atoms with Crippen molar-refractivity contribution in [2.75, 3.05) is 16.8 Å². The van der Waals surface area contributed by atoms with E-state index >= 15 is 0 Å². The average molecular weight is 418 g/mol. The molecule has 8 heteroatoms. The average Bonchev–Trinajstić information content (AvgIpc) is 3.04. The minimum absolute atomic E-state index is 0.0146. The van der Waals surface area contributed by atoms with Gasteiger partial charge in [-0.05, 0) is 61.8 Å². The smallest absolute Gasteiger partial charge is 0.406 e. The summed E-state index contributed by atoms with van der Waals surface area (Å²) in [5, 5.41) is 2.88. The number of hydrogen-bond acceptors (Lipinski definition) is 4. The summed E-state index contributed by atoms with van der Waals surface area (Å²) in [6, 6.07) is 5.35. The number of alkyl halides is 3. The van der Waals surface area contributed by atoms with Crippen LogP contribution in [0, 0.1) is 17.8 Å². The Hall–Kier alpha value is -1.02. The fourth-order valence-electron chi connectivity index (χ4n) is 4.81. The third-order valence-electron chi connectivity index (χ3n) is 5.85. The minimum atomic E-state index is -4.71. The SMILES string of the molecule is O=C(Nc1ccc(OC(F)(F)F)cc1)C1C[C@H]2CCC[C@H](C1)C21SCCS1. The number of halogens is 3. The van der Waals surface area contributed by atoms with Gasteiger partial charge in [0.1, 0.15) is 5.75 Å². The molecule has 1 heterocycles. The van der Waals surface area contributed by atoms with E-state index in [4.69, 9.17) is 0 Å². The van der Waals surface area contributed by atoms with E-state index in [0.29, 0.717) is 21.6 Å². The van der Waals surface area contributed by atoms with E-state index in [1.54, 1.807) is 0 Å². The number of anilines is 1. The monoisotopic (exact) mass is 417 g/mol. The van der Waals surface area contributed by atoms with Crippen LogP contribution in [0.15, 0.2) is 24.3 Å². The lowest BCUT2D eigenvalue weighted by Crippen LogP contribution is -2.48. The third kappa shape index (κ3) is 4.06. The molecule has 3 aliphatic rings. The Bertz CT molecular complexity index is 673. The number of rotatable bonds is 3. The highest BCUT2D eigenvalue weighted by molar-refractivity contribution is 8.21. The zero-order valence-corrected chi connectivity index (χ0v) is 16.4. The number of thioether (sulfide) groups is 2. The van der Waals surface area contributed by atoms with E-state index < -0.39 is 6.36 Å². The first-order valence-electron chi connectivity index (χ1n) is 9.30. The van der Waals surface area contributed by atoms with E-state index in [1.807, 2.05) is 0 Å². The van der Waals surface area contributed by atoms with Gasteiger partial charge in [0.15, 0.2) is 0 Å².